The Morgan fingerprint density at radius 1 is 1.52 bits per heavy atom. The van der Waals surface area contributed by atoms with Crippen LogP contribution in [0.25, 0.3) is 16.5 Å². The molecule has 3 aromatic rings. The Morgan fingerprint density at radius 3 is 3.00 bits per heavy atom. The van der Waals surface area contributed by atoms with E-state index in [4.69, 9.17) is 10.5 Å². The second kappa shape index (κ2) is 5.76. The van der Waals surface area contributed by atoms with Crippen molar-refractivity contribution in [1.29, 1.82) is 0 Å². The molecule has 118 valence electrons. The van der Waals surface area contributed by atoms with Gasteiger partial charge in [-0.25, -0.2) is 9.18 Å². The van der Waals surface area contributed by atoms with Gasteiger partial charge in [-0.1, -0.05) is 0 Å². The monoisotopic (exact) mass is 333 g/mol. The third kappa shape index (κ3) is 2.44. The van der Waals surface area contributed by atoms with Gasteiger partial charge in [-0.15, -0.1) is 11.3 Å². The second-order valence-electron chi connectivity index (χ2n) is 4.50. The molecule has 0 radical (unpaired) electrons. The van der Waals surface area contributed by atoms with Crippen LogP contribution in [0, 0.1) is 5.82 Å². The minimum absolute atomic E-state index is 0.0994. The van der Waals surface area contributed by atoms with E-state index in [1.165, 1.54) is 6.20 Å². The van der Waals surface area contributed by atoms with E-state index in [9.17, 15) is 14.0 Å². The van der Waals surface area contributed by atoms with Crippen LogP contribution in [0.5, 0.6) is 0 Å². The highest BCUT2D eigenvalue weighted by Crippen LogP contribution is 2.27. The maximum Gasteiger partial charge on any atom is 0.359 e. The summed E-state index contributed by atoms with van der Waals surface area (Å²) in [6.07, 6.45) is 2.39. The summed E-state index contributed by atoms with van der Waals surface area (Å²) in [5, 5.41) is 6.13. The molecule has 23 heavy (non-hydrogen) atoms. The van der Waals surface area contributed by atoms with Crippen molar-refractivity contribution in [2.75, 3.05) is 12.3 Å². The van der Waals surface area contributed by atoms with Crippen LogP contribution in [0.2, 0.25) is 0 Å². The molecule has 3 rings (SSSR count). The zero-order valence-corrected chi connectivity index (χ0v) is 12.8. The Labute approximate surface area is 133 Å². The lowest BCUT2D eigenvalue weighted by Gasteiger charge is -2.09. The van der Waals surface area contributed by atoms with E-state index >= 15 is 0 Å². The number of aromatic nitrogens is 3. The molecule has 0 unspecified atom stereocenters. The number of hydrogen-bond donors (Lipinski definition) is 1. The van der Waals surface area contributed by atoms with Gasteiger partial charge in [0.1, 0.15) is 5.69 Å². The van der Waals surface area contributed by atoms with Crippen LogP contribution in [0.15, 0.2) is 28.6 Å². The zero-order valence-electron chi connectivity index (χ0n) is 11.9. The summed E-state index contributed by atoms with van der Waals surface area (Å²) >= 11 is 1.10. The summed E-state index contributed by atoms with van der Waals surface area (Å²) in [4.78, 5) is 28.5. The van der Waals surface area contributed by atoms with Crippen molar-refractivity contribution in [3.63, 3.8) is 0 Å². The molecule has 0 atom stereocenters. The first-order valence-electron chi connectivity index (χ1n) is 6.61. The molecule has 0 aliphatic heterocycles. The van der Waals surface area contributed by atoms with E-state index in [-0.39, 0.29) is 33.8 Å². The lowest BCUT2D eigenvalue weighted by atomic mass is 10.2. The summed E-state index contributed by atoms with van der Waals surface area (Å²) in [6, 6.07) is 1.09. The van der Waals surface area contributed by atoms with Crippen LogP contribution in [-0.2, 0) is 4.74 Å². The number of ether oxygens (including phenoxy) is 1. The minimum Gasteiger partial charge on any atom is -0.461 e. The second-order valence-corrected chi connectivity index (χ2v) is 5.41. The molecule has 3 heterocycles. The summed E-state index contributed by atoms with van der Waals surface area (Å²) in [6.45, 7) is 1.79. The number of nitrogen functional groups attached to an aromatic ring is 1. The van der Waals surface area contributed by atoms with Crippen molar-refractivity contribution in [3.8, 4) is 5.69 Å². The smallest absolute Gasteiger partial charge is 0.359 e. The van der Waals surface area contributed by atoms with Gasteiger partial charge in [-0.3, -0.25) is 9.78 Å². The van der Waals surface area contributed by atoms with Crippen molar-refractivity contribution in [1.82, 2.24) is 14.8 Å². The summed E-state index contributed by atoms with van der Waals surface area (Å²) < 4.78 is 19.7. The topological polar surface area (TPSA) is 100 Å². The number of pyridine rings is 1. The largest absolute Gasteiger partial charge is 0.461 e. The highest BCUT2D eigenvalue weighted by Gasteiger charge is 2.22. The SMILES string of the molecule is CCOC(=O)c1nn(-c2cnccc2[18F])c(=O)c2c(N)scc12. The Bertz CT molecular complexity index is 966. The average Bonchev–Trinajstić information content (AvgIpc) is 2.91. The van der Waals surface area contributed by atoms with Gasteiger partial charge in [0.15, 0.2) is 11.5 Å². The fraction of sp³-hybridized carbons (Fsp3) is 0.143. The molecular formula is C14H11FN4O3S. The van der Waals surface area contributed by atoms with Crippen molar-refractivity contribution in [2.45, 2.75) is 6.92 Å². The molecule has 0 bridgehead atoms. The maximum absolute atomic E-state index is 14.0. The van der Waals surface area contributed by atoms with E-state index < -0.39 is 17.3 Å². The lowest BCUT2D eigenvalue weighted by molar-refractivity contribution is 0.0520. The van der Waals surface area contributed by atoms with Crippen LogP contribution < -0.4 is 11.3 Å². The zero-order chi connectivity index (χ0) is 16.6. The first kappa shape index (κ1) is 15.1. The number of esters is 1. The van der Waals surface area contributed by atoms with Crippen molar-refractivity contribution in [3.05, 3.63) is 45.7 Å². The van der Waals surface area contributed by atoms with Crippen molar-refractivity contribution >= 4 is 33.1 Å². The van der Waals surface area contributed by atoms with Gasteiger partial charge < -0.3 is 10.5 Å². The number of fused-ring (bicyclic) bond motifs is 1. The van der Waals surface area contributed by atoms with Gasteiger partial charge in [0.05, 0.1) is 23.2 Å². The van der Waals surface area contributed by atoms with E-state index in [0.29, 0.717) is 0 Å². The fourth-order valence-electron chi connectivity index (χ4n) is 2.11. The van der Waals surface area contributed by atoms with Crippen molar-refractivity contribution < 1.29 is 13.9 Å². The molecule has 3 aromatic heterocycles. The highest BCUT2D eigenvalue weighted by atomic mass is 32.1. The van der Waals surface area contributed by atoms with Crippen molar-refractivity contribution in [2.24, 2.45) is 0 Å². The van der Waals surface area contributed by atoms with E-state index in [1.54, 1.807) is 12.3 Å². The Morgan fingerprint density at radius 2 is 2.30 bits per heavy atom. The fourth-order valence-corrected chi connectivity index (χ4v) is 2.90. The Hall–Kier alpha value is -2.81. The number of carbonyl (C=O) groups is 1. The lowest BCUT2D eigenvalue weighted by Crippen LogP contribution is -2.26. The number of thiophene rings is 1. The Balaban J connectivity index is 2.38. The maximum atomic E-state index is 14.0. The molecule has 0 fully saturated rings. The molecule has 2 N–H and O–H groups in total. The van der Waals surface area contributed by atoms with Gasteiger partial charge in [-0.05, 0) is 13.0 Å². The molecule has 0 aliphatic rings. The molecule has 0 aromatic carbocycles. The number of hydrogen-bond acceptors (Lipinski definition) is 7. The molecular weight excluding hydrogens is 322 g/mol. The number of rotatable bonds is 3. The first-order valence-corrected chi connectivity index (χ1v) is 7.49. The Kier molecular flexibility index (Phi) is 3.78. The summed E-state index contributed by atoms with van der Waals surface area (Å²) in [5.74, 6) is -1.41. The molecule has 9 heteroatoms. The number of anilines is 1. The van der Waals surface area contributed by atoms with Gasteiger partial charge in [0, 0.05) is 17.0 Å². The average molecular weight is 333 g/mol. The van der Waals surface area contributed by atoms with Gasteiger partial charge in [0.25, 0.3) is 5.56 Å². The van der Waals surface area contributed by atoms with E-state index in [0.717, 1.165) is 28.3 Å². The van der Waals surface area contributed by atoms with Crippen LogP contribution in [0.1, 0.15) is 17.4 Å². The van der Waals surface area contributed by atoms with E-state index in [2.05, 4.69) is 10.1 Å². The molecule has 7 nitrogen and oxygen atoms in total. The minimum atomic E-state index is -0.714. The van der Waals surface area contributed by atoms with Crippen LogP contribution >= 0.6 is 11.3 Å². The van der Waals surface area contributed by atoms with Gasteiger partial charge in [-0.2, -0.15) is 9.78 Å². The summed E-state index contributed by atoms with van der Waals surface area (Å²) in [7, 11) is 0. The normalized spacial score (nSPS) is 10.9. The number of carbonyl (C=O) groups excluding carboxylic acids is 1. The highest BCUT2D eigenvalue weighted by molar-refractivity contribution is 7.15. The predicted molar refractivity (Wildman–Crippen MR) is 83.3 cm³/mol. The van der Waals surface area contributed by atoms with Gasteiger partial charge >= 0.3 is 5.97 Å². The van der Waals surface area contributed by atoms with Crippen LogP contribution in [-0.4, -0.2) is 27.3 Å². The standard InChI is InChI=1S/C14H11FN4O3S/c1-2-22-14(21)11-7-6-23-12(16)10(7)13(20)19(18-11)9-5-17-4-3-8(9)15/h3-6H,2,16H2,1H3/i15-1. The predicted octanol–water partition coefficient (Wildman–Crippen LogP) is 1.74. The molecule has 0 amide bonds. The molecule has 0 saturated carbocycles. The van der Waals surface area contributed by atoms with Gasteiger partial charge in [0.2, 0.25) is 0 Å². The third-order valence-corrected chi connectivity index (χ3v) is 3.94. The molecule has 0 spiro atoms. The van der Waals surface area contributed by atoms with Crippen LogP contribution in [0.3, 0.4) is 0 Å². The van der Waals surface area contributed by atoms with Crippen LogP contribution in [0.4, 0.5) is 9.39 Å². The number of nitrogens with zero attached hydrogens (tertiary/aromatic N) is 3. The summed E-state index contributed by atoms with van der Waals surface area (Å²) in [5.41, 5.74) is 4.92. The number of nitrogens with two attached hydrogens (primary N) is 1. The molecule has 0 saturated heterocycles. The third-order valence-electron chi connectivity index (χ3n) is 3.13. The quantitative estimate of drug-likeness (QED) is 0.733. The number of halogens is 1. The van der Waals surface area contributed by atoms with E-state index in [1.807, 2.05) is 0 Å². The molecule has 0 aliphatic carbocycles. The first-order chi connectivity index (χ1) is 11.0.